The lowest BCUT2D eigenvalue weighted by molar-refractivity contribution is -0.160. The zero-order valence-corrected chi connectivity index (χ0v) is 9.27. The van der Waals surface area contributed by atoms with Crippen LogP contribution in [-0.4, -0.2) is 35.9 Å². The van der Waals surface area contributed by atoms with Crippen LogP contribution >= 0.6 is 0 Å². The van der Waals surface area contributed by atoms with E-state index in [4.69, 9.17) is 14.6 Å². The summed E-state index contributed by atoms with van der Waals surface area (Å²) in [5.41, 5.74) is -0.244. The molecule has 1 heterocycles. The van der Waals surface area contributed by atoms with E-state index < -0.39 is 17.8 Å². The molecular weight excluding hydrogens is 212 g/mol. The number of hydrogen-bond donors (Lipinski definition) is 1. The quantitative estimate of drug-likeness (QED) is 0.571. The predicted molar refractivity (Wildman–Crippen MR) is 53.8 cm³/mol. The number of aliphatic carboxylic acids is 1. The first kappa shape index (κ1) is 11.4. The minimum atomic E-state index is -0.923. The fraction of sp³-hybridized carbons (Fsp3) is 0.818. The molecule has 1 aliphatic carbocycles. The average molecular weight is 228 g/mol. The third-order valence-corrected chi connectivity index (χ3v) is 3.45. The molecule has 1 aliphatic heterocycles. The summed E-state index contributed by atoms with van der Waals surface area (Å²) in [5.74, 6) is -2.47. The van der Waals surface area contributed by atoms with Gasteiger partial charge in [0.05, 0.1) is 30.7 Å². The van der Waals surface area contributed by atoms with Gasteiger partial charge in [0, 0.05) is 0 Å². The van der Waals surface area contributed by atoms with E-state index >= 15 is 0 Å². The van der Waals surface area contributed by atoms with Crippen molar-refractivity contribution in [2.24, 2.45) is 11.8 Å². The Bertz CT molecular complexity index is 307. The molecule has 0 amide bonds. The van der Waals surface area contributed by atoms with Crippen molar-refractivity contribution in [1.82, 2.24) is 0 Å². The molecule has 2 fully saturated rings. The highest BCUT2D eigenvalue weighted by molar-refractivity contribution is 5.81. The average Bonchev–Trinajstić information content (AvgIpc) is 2.98. The fourth-order valence-electron chi connectivity index (χ4n) is 2.42. The van der Waals surface area contributed by atoms with Crippen molar-refractivity contribution in [3.63, 3.8) is 0 Å². The van der Waals surface area contributed by atoms with Gasteiger partial charge in [0.2, 0.25) is 0 Å². The summed E-state index contributed by atoms with van der Waals surface area (Å²) in [6.07, 6.45) is 1.75. The molecule has 0 aromatic rings. The summed E-state index contributed by atoms with van der Waals surface area (Å²) in [4.78, 5) is 22.7. The second-order valence-corrected chi connectivity index (χ2v) is 4.52. The van der Waals surface area contributed by atoms with Gasteiger partial charge in [-0.2, -0.15) is 0 Å². The van der Waals surface area contributed by atoms with Gasteiger partial charge >= 0.3 is 11.9 Å². The number of carboxylic acid groups (broad SMARTS) is 1. The van der Waals surface area contributed by atoms with E-state index in [1.807, 2.05) is 0 Å². The number of carbonyl (C=O) groups is 2. The molecule has 1 saturated heterocycles. The van der Waals surface area contributed by atoms with Crippen molar-refractivity contribution in [1.29, 1.82) is 0 Å². The first-order valence-electron chi connectivity index (χ1n) is 5.61. The van der Waals surface area contributed by atoms with Crippen molar-refractivity contribution < 1.29 is 24.2 Å². The molecule has 5 heteroatoms. The Labute approximate surface area is 93.7 Å². The number of carbonyl (C=O) groups excluding carboxylic acids is 1. The second kappa shape index (κ2) is 4.05. The van der Waals surface area contributed by atoms with E-state index in [9.17, 15) is 9.59 Å². The predicted octanol–water partition coefficient (Wildman–Crippen LogP) is 0.819. The molecule has 1 saturated carbocycles. The van der Waals surface area contributed by atoms with Gasteiger partial charge in [-0.25, -0.2) is 0 Å². The number of hydrogen-bond acceptors (Lipinski definition) is 4. The van der Waals surface area contributed by atoms with Crippen LogP contribution in [0.25, 0.3) is 0 Å². The van der Waals surface area contributed by atoms with Crippen molar-refractivity contribution in [2.75, 3.05) is 13.2 Å². The molecule has 2 rings (SSSR count). The number of ether oxygens (including phenoxy) is 2. The summed E-state index contributed by atoms with van der Waals surface area (Å²) in [6.45, 7) is 2.65. The highest BCUT2D eigenvalue weighted by atomic mass is 16.6. The SMILES string of the molecule is CCOC(=O)[C@H]1CCC2(CO2)C[C@@H]1C(=O)O. The summed E-state index contributed by atoms with van der Waals surface area (Å²) in [6, 6.07) is 0. The minimum Gasteiger partial charge on any atom is -0.481 e. The monoisotopic (exact) mass is 228 g/mol. The van der Waals surface area contributed by atoms with Crippen LogP contribution in [0.2, 0.25) is 0 Å². The van der Waals surface area contributed by atoms with Gasteiger partial charge < -0.3 is 14.6 Å². The van der Waals surface area contributed by atoms with Crippen LogP contribution in [0.1, 0.15) is 26.2 Å². The molecule has 90 valence electrons. The molecule has 0 aromatic heterocycles. The maximum atomic E-state index is 11.6. The standard InChI is InChI=1S/C11H16O5/c1-2-15-10(14)7-3-4-11(6-16-11)5-8(7)9(12)13/h7-8H,2-6H2,1H3,(H,12,13)/t7-,8-,11?/m0/s1. The first-order chi connectivity index (χ1) is 7.58. The molecule has 0 radical (unpaired) electrons. The Morgan fingerprint density at radius 1 is 1.50 bits per heavy atom. The molecule has 5 nitrogen and oxygen atoms in total. The van der Waals surface area contributed by atoms with Gasteiger partial charge in [0.25, 0.3) is 0 Å². The number of carboxylic acids is 1. The largest absolute Gasteiger partial charge is 0.481 e. The first-order valence-corrected chi connectivity index (χ1v) is 5.61. The van der Waals surface area contributed by atoms with Crippen LogP contribution in [0.5, 0.6) is 0 Å². The minimum absolute atomic E-state index is 0.244. The summed E-state index contributed by atoms with van der Waals surface area (Å²) in [5, 5.41) is 9.12. The second-order valence-electron chi connectivity index (χ2n) is 4.52. The van der Waals surface area contributed by atoms with Crippen LogP contribution in [0.15, 0.2) is 0 Å². The molecule has 2 aliphatic rings. The summed E-state index contributed by atoms with van der Waals surface area (Å²) < 4.78 is 10.2. The molecular formula is C11H16O5. The van der Waals surface area contributed by atoms with Gasteiger partial charge in [-0.15, -0.1) is 0 Å². The van der Waals surface area contributed by atoms with Crippen LogP contribution in [-0.2, 0) is 19.1 Å². The lowest BCUT2D eigenvalue weighted by Gasteiger charge is -2.30. The molecule has 1 N–H and O–H groups in total. The Morgan fingerprint density at radius 3 is 2.69 bits per heavy atom. The molecule has 1 unspecified atom stereocenters. The Kier molecular flexibility index (Phi) is 2.88. The maximum absolute atomic E-state index is 11.6. The normalized spacial score (nSPS) is 37.1. The number of epoxide rings is 1. The third-order valence-electron chi connectivity index (χ3n) is 3.45. The van der Waals surface area contributed by atoms with Crippen molar-refractivity contribution >= 4 is 11.9 Å². The van der Waals surface area contributed by atoms with E-state index in [1.165, 1.54) is 0 Å². The highest BCUT2D eigenvalue weighted by Gasteiger charge is 2.54. The zero-order chi connectivity index (χ0) is 11.8. The van der Waals surface area contributed by atoms with E-state index in [0.717, 1.165) is 6.42 Å². The number of rotatable bonds is 3. The lowest BCUT2D eigenvalue weighted by atomic mass is 9.74. The molecule has 3 atom stereocenters. The van der Waals surface area contributed by atoms with Crippen molar-refractivity contribution in [3.05, 3.63) is 0 Å². The van der Waals surface area contributed by atoms with E-state index in [0.29, 0.717) is 26.1 Å². The third kappa shape index (κ3) is 2.04. The molecule has 0 aromatic carbocycles. The lowest BCUT2D eigenvalue weighted by Crippen LogP contribution is -2.39. The summed E-state index contributed by atoms with van der Waals surface area (Å²) in [7, 11) is 0. The van der Waals surface area contributed by atoms with E-state index in [-0.39, 0.29) is 11.6 Å². The van der Waals surface area contributed by atoms with E-state index in [1.54, 1.807) is 6.92 Å². The molecule has 1 spiro atoms. The van der Waals surface area contributed by atoms with Crippen LogP contribution in [0, 0.1) is 11.8 Å². The van der Waals surface area contributed by atoms with Gasteiger partial charge in [-0.3, -0.25) is 9.59 Å². The Morgan fingerprint density at radius 2 is 2.19 bits per heavy atom. The van der Waals surface area contributed by atoms with Gasteiger partial charge in [0.15, 0.2) is 0 Å². The van der Waals surface area contributed by atoms with Crippen LogP contribution < -0.4 is 0 Å². The maximum Gasteiger partial charge on any atom is 0.309 e. The van der Waals surface area contributed by atoms with Gasteiger partial charge in [-0.05, 0) is 26.2 Å². The summed E-state index contributed by atoms with van der Waals surface area (Å²) >= 11 is 0. The highest BCUT2D eigenvalue weighted by Crippen LogP contribution is 2.46. The fourth-order valence-corrected chi connectivity index (χ4v) is 2.42. The number of esters is 1. The Balaban J connectivity index is 2.05. The van der Waals surface area contributed by atoms with Gasteiger partial charge in [0.1, 0.15) is 0 Å². The van der Waals surface area contributed by atoms with E-state index in [2.05, 4.69) is 0 Å². The Hall–Kier alpha value is -1.10. The van der Waals surface area contributed by atoms with Crippen LogP contribution in [0.3, 0.4) is 0 Å². The zero-order valence-electron chi connectivity index (χ0n) is 9.27. The molecule has 0 bridgehead atoms. The smallest absolute Gasteiger partial charge is 0.309 e. The van der Waals surface area contributed by atoms with Crippen molar-refractivity contribution in [3.8, 4) is 0 Å². The molecule has 16 heavy (non-hydrogen) atoms. The topological polar surface area (TPSA) is 76.1 Å². The van der Waals surface area contributed by atoms with Gasteiger partial charge in [-0.1, -0.05) is 0 Å². The van der Waals surface area contributed by atoms with Crippen LogP contribution in [0.4, 0.5) is 0 Å². The van der Waals surface area contributed by atoms with Crippen molar-refractivity contribution in [2.45, 2.75) is 31.8 Å².